The number of nitrogens with zero attached hydrogens (tertiary/aromatic N) is 5. The first-order valence-electron chi connectivity index (χ1n) is 11.4. The summed E-state index contributed by atoms with van der Waals surface area (Å²) in [7, 11) is 1.65. The van der Waals surface area contributed by atoms with Crippen LogP contribution in [0.2, 0.25) is 0 Å². The minimum absolute atomic E-state index is 0.298. The van der Waals surface area contributed by atoms with Gasteiger partial charge in [0.15, 0.2) is 11.5 Å². The third-order valence-electron chi connectivity index (χ3n) is 6.24. The fraction of sp³-hybridized carbons (Fsp3) is 0.269. The smallest absolute Gasteiger partial charge is 0.189 e. The maximum atomic E-state index is 5.92. The number of thiophene rings is 1. The highest BCUT2D eigenvalue weighted by molar-refractivity contribution is 7.19. The molecule has 0 bridgehead atoms. The maximum absolute atomic E-state index is 5.92. The molecule has 6 rings (SSSR count). The number of aromatic nitrogens is 4. The van der Waals surface area contributed by atoms with Crippen molar-refractivity contribution in [3.8, 4) is 11.5 Å². The second-order valence-electron chi connectivity index (χ2n) is 8.52. The average Bonchev–Trinajstić information content (AvgIpc) is 3.45. The third-order valence-corrected chi connectivity index (χ3v) is 7.35. The third kappa shape index (κ3) is 3.89. The SMILES string of the molecule is COc1ccc(OCc2nc3c4c5c(sc4nc(C)n3n2)CN(Cc2ccccc2)CC5)cc1. The summed E-state index contributed by atoms with van der Waals surface area (Å²) in [5.74, 6) is 3.04. The molecule has 5 aromatic rings. The van der Waals surface area contributed by atoms with Gasteiger partial charge in [0.05, 0.1) is 12.5 Å². The lowest BCUT2D eigenvalue weighted by atomic mass is 10.0. The average molecular weight is 472 g/mol. The molecule has 0 fully saturated rings. The largest absolute Gasteiger partial charge is 0.497 e. The molecule has 3 aromatic heterocycles. The molecule has 1 aliphatic heterocycles. The molecule has 4 heterocycles. The Balaban J connectivity index is 1.28. The zero-order chi connectivity index (χ0) is 23.1. The molecule has 0 spiro atoms. The van der Waals surface area contributed by atoms with Gasteiger partial charge in [0, 0.05) is 24.5 Å². The Morgan fingerprint density at radius 1 is 1.00 bits per heavy atom. The summed E-state index contributed by atoms with van der Waals surface area (Å²) in [6, 6.07) is 18.2. The van der Waals surface area contributed by atoms with Crippen molar-refractivity contribution >= 4 is 27.2 Å². The van der Waals surface area contributed by atoms with E-state index in [1.165, 1.54) is 16.0 Å². The Morgan fingerprint density at radius 3 is 2.59 bits per heavy atom. The van der Waals surface area contributed by atoms with Gasteiger partial charge in [-0.1, -0.05) is 30.3 Å². The minimum Gasteiger partial charge on any atom is -0.497 e. The molecular weight excluding hydrogens is 446 g/mol. The number of hydrogen-bond donors (Lipinski definition) is 0. The molecule has 0 N–H and O–H groups in total. The van der Waals surface area contributed by atoms with Gasteiger partial charge in [0.2, 0.25) is 0 Å². The van der Waals surface area contributed by atoms with Crippen LogP contribution in [0.4, 0.5) is 0 Å². The van der Waals surface area contributed by atoms with E-state index in [0.29, 0.717) is 12.4 Å². The van der Waals surface area contributed by atoms with Crippen molar-refractivity contribution < 1.29 is 9.47 Å². The van der Waals surface area contributed by atoms with Crippen molar-refractivity contribution in [3.05, 3.63) is 82.3 Å². The number of benzene rings is 2. The predicted molar refractivity (Wildman–Crippen MR) is 132 cm³/mol. The van der Waals surface area contributed by atoms with Crippen LogP contribution in [0.3, 0.4) is 0 Å². The molecule has 1 aliphatic rings. The van der Waals surface area contributed by atoms with Crippen LogP contribution in [-0.4, -0.2) is 38.1 Å². The first-order valence-corrected chi connectivity index (χ1v) is 12.2. The van der Waals surface area contributed by atoms with E-state index in [4.69, 9.17) is 24.5 Å². The lowest BCUT2D eigenvalue weighted by molar-refractivity contribution is 0.249. The zero-order valence-corrected chi connectivity index (χ0v) is 20.0. The summed E-state index contributed by atoms with van der Waals surface area (Å²) >= 11 is 1.79. The summed E-state index contributed by atoms with van der Waals surface area (Å²) in [6.07, 6.45) is 0.993. The van der Waals surface area contributed by atoms with E-state index in [9.17, 15) is 0 Å². The van der Waals surface area contributed by atoms with E-state index in [2.05, 4.69) is 35.2 Å². The summed E-state index contributed by atoms with van der Waals surface area (Å²) in [4.78, 5) is 14.7. The van der Waals surface area contributed by atoms with Crippen LogP contribution >= 0.6 is 11.3 Å². The molecule has 0 saturated carbocycles. The molecule has 0 unspecified atom stereocenters. The fourth-order valence-electron chi connectivity index (χ4n) is 4.55. The quantitative estimate of drug-likeness (QED) is 0.355. The maximum Gasteiger partial charge on any atom is 0.189 e. The topological polar surface area (TPSA) is 64.8 Å². The highest BCUT2D eigenvalue weighted by Gasteiger charge is 2.25. The van der Waals surface area contributed by atoms with Gasteiger partial charge in [-0.25, -0.2) is 9.97 Å². The van der Waals surface area contributed by atoms with Gasteiger partial charge in [0.1, 0.15) is 28.8 Å². The lowest BCUT2D eigenvalue weighted by Gasteiger charge is -2.26. The fourth-order valence-corrected chi connectivity index (χ4v) is 5.85. The van der Waals surface area contributed by atoms with Crippen LogP contribution in [0, 0.1) is 6.92 Å². The molecule has 0 amide bonds. The zero-order valence-electron chi connectivity index (χ0n) is 19.2. The molecule has 0 saturated heterocycles. The van der Waals surface area contributed by atoms with Crippen LogP contribution in [0.15, 0.2) is 54.6 Å². The van der Waals surface area contributed by atoms with Crippen molar-refractivity contribution in [1.82, 2.24) is 24.5 Å². The van der Waals surface area contributed by atoms with Crippen LogP contribution in [-0.2, 0) is 26.1 Å². The normalized spacial score (nSPS) is 13.9. The molecule has 172 valence electrons. The molecule has 34 heavy (non-hydrogen) atoms. The first kappa shape index (κ1) is 21.1. The van der Waals surface area contributed by atoms with E-state index >= 15 is 0 Å². The number of ether oxygens (including phenoxy) is 2. The number of rotatable bonds is 6. The van der Waals surface area contributed by atoms with Gasteiger partial charge < -0.3 is 9.47 Å². The van der Waals surface area contributed by atoms with E-state index in [1.54, 1.807) is 18.4 Å². The van der Waals surface area contributed by atoms with Gasteiger partial charge in [-0.15, -0.1) is 16.4 Å². The summed E-state index contributed by atoms with van der Waals surface area (Å²) in [5.41, 5.74) is 3.60. The van der Waals surface area contributed by atoms with Gasteiger partial charge >= 0.3 is 0 Å². The molecule has 0 atom stereocenters. The Labute approximate surface area is 201 Å². The van der Waals surface area contributed by atoms with E-state index in [-0.39, 0.29) is 0 Å². The Morgan fingerprint density at radius 2 is 1.79 bits per heavy atom. The van der Waals surface area contributed by atoms with Crippen LogP contribution in [0.1, 0.15) is 27.7 Å². The Kier molecular flexibility index (Phi) is 5.39. The number of aryl methyl sites for hydroxylation is 1. The van der Waals surface area contributed by atoms with Crippen molar-refractivity contribution in [1.29, 1.82) is 0 Å². The monoisotopic (exact) mass is 471 g/mol. The molecule has 7 nitrogen and oxygen atoms in total. The summed E-state index contributed by atoms with van der Waals surface area (Å²) < 4.78 is 13.0. The highest BCUT2D eigenvalue weighted by Crippen LogP contribution is 2.37. The van der Waals surface area contributed by atoms with Crippen molar-refractivity contribution in [2.45, 2.75) is 33.0 Å². The predicted octanol–water partition coefficient (Wildman–Crippen LogP) is 4.79. The number of fused-ring (bicyclic) bond motifs is 5. The van der Waals surface area contributed by atoms with Crippen molar-refractivity contribution in [2.75, 3.05) is 13.7 Å². The second kappa shape index (κ2) is 8.70. The van der Waals surface area contributed by atoms with Gasteiger partial charge in [-0.05, 0) is 48.7 Å². The van der Waals surface area contributed by atoms with Crippen LogP contribution in [0.25, 0.3) is 15.9 Å². The Bertz CT molecular complexity index is 1460. The second-order valence-corrected chi connectivity index (χ2v) is 9.60. The standard InChI is InChI=1S/C26H25N5O2S/c1-17-27-26-24(21-12-13-30(15-22(21)34-26)14-18-6-4-3-5-7-18)25-28-23(29-31(17)25)16-33-20-10-8-19(32-2)9-11-20/h3-11H,12-16H2,1-2H3. The number of hydrogen-bond acceptors (Lipinski definition) is 7. The highest BCUT2D eigenvalue weighted by atomic mass is 32.1. The number of methoxy groups -OCH3 is 1. The Hall–Kier alpha value is -3.49. The molecule has 0 radical (unpaired) electrons. The summed E-state index contributed by atoms with van der Waals surface area (Å²) in [5, 5.41) is 5.84. The van der Waals surface area contributed by atoms with Gasteiger partial charge in [0.25, 0.3) is 0 Å². The van der Waals surface area contributed by atoms with Crippen molar-refractivity contribution in [2.24, 2.45) is 0 Å². The van der Waals surface area contributed by atoms with E-state index in [1.807, 2.05) is 35.7 Å². The molecular formula is C26H25N5O2S. The molecule has 0 aliphatic carbocycles. The summed E-state index contributed by atoms with van der Waals surface area (Å²) in [6.45, 7) is 5.21. The van der Waals surface area contributed by atoms with Crippen LogP contribution in [0.5, 0.6) is 11.5 Å². The minimum atomic E-state index is 0.298. The van der Waals surface area contributed by atoms with Crippen molar-refractivity contribution in [3.63, 3.8) is 0 Å². The van der Waals surface area contributed by atoms with Crippen LogP contribution < -0.4 is 9.47 Å². The van der Waals surface area contributed by atoms with E-state index < -0.39 is 0 Å². The van der Waals surface area contributed by atoms with Gasteiger partial charge in [-0.2, -0.15) is 4.52 Å². The lowest BCUT2D eigenvalue weighted by Crippen LogP contribution is -2.29. The van der Waals surface area contributed by atoms with E-state index in [0.717, 1.165) is 59.2 Å². The van der Waals surface area contributed by atoms with Gasteiger partial charge in [-0.3, -0.25) is 4.90 Å². The molecule has 2 aromatic carbocycles. The first-order chi connectivity index (χ1) is 16.7. The molecule has 8 heteroatoms.